The second kappa shape index (κ2) is 58.0. The van der Waals surface area contributed by atoms with Crippen LogP contribution in [0.5, 0.6) is 0 Å². The highest BCUT2D eigenvalue weighted by Crippen LogP contribution is 2.43. The minimum Gasteiger partial charge on any atom is -0.456 e. The molecule has 0 bridgehead atoms. The Balaban J connectivity index is 5.05. The molecule has 458 valence electrons. The Morgan fingerprint density at radius 2 is 0.740 bits per heavy atom. The minimum atomic E-state index is -4.44. The smallest absolute Gasteiger partial charge is 0.456 e. The summed E-state index contributed by atoms with van der Waals surface area (Å²) in [4.78, 5) is 37.8. The zero-order valence-electron chi connectivity index (χ0n) is 52.5. The van der Waals surface area contributed by atoms with Crippen molar-refractivity contribution >= 4 is 19.7 Å². The quantitative estimate of drug-likeness (QED) is 0.0205. The van der Waals surface area contributed by atoms with Gasteiger partial charge in [0.1, 0.15) is 19.3 Å². The number of quaternary nitrogens is 1. The summed E-state index contributed by atoms with van der Waals surface area (Å²) in [7, 11) is 1.52. The average Bonchev–Trinajstić information content (AvgIpc) is 3.39. The van der Waals surface area contributed by atoms with E-state index in [1.807, 2.05) is 33.3 Å². The van der Waals surface area contributed by atoms with Gasteiger partial charge in [-0.2, -0.15) is 0 Å². The van der Waals surface area contributed by atoms with E-state index in [-0.39, 0.29) is 25.1 Å². The first-order chi connectivity index (χ1) is 37.4. The largest absolute Gasteiger partial charge is 0.472 e. The van der Waals surface area contributed by atoms with Crippen LogP contribution in [0.25, 0.3) is 0 Å². The Hall–Kier alpha value is -1.25. The standard InChI is InChI=1S/C67H133N2O7P/c1-7-10-13-16-19-22-25-27-29-31-33-34-36-38-40-42-45-48-51-54-57-60-67(71)76-65(58-55-52-49-46-43-24-21-18-15-12-9-3)64(63-75-77(72,73)74-62-61-69(4,5)6)68-66(70)59-56-53-50-47-44-41-39-37-35-32-30-28-26-23-20-17-14-11-8-2/h55,58,64-65H,7-54,56-57,59-63H2,1-6H3,(H-,68,70,72,73)/p+1/b58-55+. The molecule has 2 N–H and O–H groups in total. The Bertz CT molecular complexity index is 1320. The molecule has 77 heavy (non-hydrogen) atoms. The number of rotatable bonds is 63. The molecule has 0 aliphatic rings. The van der Waals surface area contributed by atoms with Crippen molar-refractivity contribution in [1.29, 1.82) is 0 Å². The lowest BCUT2D eigenvalue weighted by molar-refractivity contribution is -0.870. The van der Waals surface area contributed by atoms with Crippen LogP contribution in [-0.4, -0.2) is 74.3 Å². The summed E-state index contributed by atoms with van der Waals surface area (Å²) in [5, 5.41) is 3.07. The molecular weight excluding hydrogens is 976 g/mol. The summed E-state index contributed by atoms with van der Waals surface area (Å²) < 4.78 is 30.8. The maximum absolute atomic E-state index is 13.6. The number of allylic oxidation sites excluding steroid dienone is 1. The van der Waals surface area contributed by atoms with Gasteiger partial charge in [0.2, 0.25) is 5.91 Å². The van der Waals surface area contributed by atoms with E-state index in [4.69, 9.17) is 13.8 Å². The molecule has 0 aromatic heterocycles. The van der Waals surface area contributed by atoms with Crippen LogP contribution < -0.4 is 5.32 Å². The fraction of sp³-hybridized carbons (Fsp3) is 0.940. The molecule has 0 rings (SSSR count). The number of likely N-dealkylation sites (N-methyl/N-ethyl adjacent to an activating group) is 1. The molecule has 0 spiro atoms. The highest BCUT2D eigenvalue weighted by Gasteiger charge is 2.30. The van der Waals surface area contributed by atoms with Gasteiger partial charge in [-0.05, 0) is 31.8 Å². The van der Waals surface area contributed by atoms with Crippen LogP contribution in [-0.2, 0) is 27.9 Å². The lowest BCUT2D eigenvalue weighted by atomic mass is 10.0. The molecule has 0 saturated heterocycles. The van der Waals surface area contributed by atoms with E-state index in [9.17, 15) is 19.0 Å². The van der Waals surface area contributed by atoms with Crippen LogP contribution in [0.3, 0.4) is 0 Å². The van der Waals surface area contributed by atoms with Crippen molar-refractivity contribution in [2.75, 3.05) is 40.9 Å². The van der Waals surface area contributed by atoms with Crippen LogP contribution in [0, 0.1) is 0 Å². The number of nitrogens with zero attached hydrogens (tertiary/aromatic N) is 1. The van der Waals surface area contributed by atoms with Gasteiger partial charge in [-0.3, -0.25) is 18.6 Å². The topological polar surface area (TPSA) is 111 Å². The van der Waals surface area contributed by atoms with E-state index in [0.29, 0.717) is 23.9 Å². The first-order valence-electron chi connectivity index (χ1n) is 34.0. The fourth-order valence-corrected chi connectivity index (χ4v) is 11.2. The van der Waals surface area contributed by atoms with Gasteiger partial charge in [0.15, 0.2) is 0 Å². The number of carbonyl (C=O) groups is 2. The average molecular weight is 1110 g/mol. The Morgan fingerprint density at radius 1 is 0.442 bits per heavy atom. The van der Waals surface area contributed by atoms with Crippen LogP contribution in [0.15, 0.2) is 12.2 Å². The van der Waals surface area contributed by atoms with E-state index in [1.165, 1.54) is 263 Å². The minimum absolute atomic E-state index is 0.0459. The van der Waals surface area contributed by atoms with Crippen molar-refractivity contribution in [3.8, 4) is 0 Å². The first kappa shape index (κ1) is 75.8. The van der Waals surface area contributed by atoms with Gasteiger partial charge in [0.25, 0.3) is 0 Å². The van der Waals surface area contributed by atoms with Gasteiger partial charge in [0.05, 0.1) is 33.8 Å². The molecule has 1 amide bonds. The molecule has 3 unspecified atom stereocenters. The number of hydrogen-bond acceptors (Lipinski definition) is 6. The van der Waals surface area contributed by atoms with Crippen LogP contribution in [0.1, 0.15) is 355 Å². The SMILES string of the molecule is CCCCCCCCCCC/C=C/C(OC(=O)CCCCCCCCCCCCCCCCCCCCCCC)C(COP(=O)(O)OCC[N+](C)(C)C)NC(=O)CCCCCCCCCCCCCCCCCCCCC. The van der Waals surface area contributed by atoms with Gasteiger partial charge in [-0.25, -0.2) is 4.57 Å². The van der Waals surface area contributed by atoms with Gasteiger partial charge < -0.3 is 19.4 Å². The molecule has 3 atom stereocenters. The maximum atomic E-state index is 13.6. The molecule has 0 aromatic carbocycles. The number of hydrogen-bond donors (Lipinski definition) is 2. The number of amides is 1. The number of nitrogens with one attached hydrogen (secondary N) is 1. The van der Waals surface area contributed by atoms with E-state index >= 15 is 0 Å². The third-order valence-electron chi connectivity index (χ3n) is 15.7. The van der Waals surface area contributed by atoms with Crippen LogP contribution in [0.2, 0.25) is 0 Å². The molecule has 0 aromatic rings. The van der Waals surface area contributed by atoms with E-state index in [2.05, 4.69) is 26.1 Å². The summed E-state index contributed by atoms with van der Waals surface area (Å²) in [5.74, 6) is -0.480. The van der Waals surface area contributed by atoms with Gasteiger partial charge in [0, 0.05) is 12.8 Å². The van der Waals surface area contributed by atoms with E-state index in [1.54, 1.807) is 0 Å². The van der Waals surface area contributed by atoms with Crippen LogP contribution >= 0.6 is 7.82 Å². The van der Waals surface area contributed by atoms with Gasteiger partial charge in [-0.1, -0.05) is 322 Å². The molecule has 10 heteroatoms. The van der Waals surface area contributed by atoms with Crippen molar-refractivity contribution < 1.29 is 37.3 Å². The zero-order valence-corrected chi connectivity index (χ0v) is 53.4. The Labute approximate surface area is 480 Å². The van der Waals surface area contributed by atoms with Gasteiger partial charge in [-0.15, -0.1) is 0 Å². The zero-order chi connectivity index (χ0) is 56.4. The Kier molecular flexibility index (Phi) is 57.0. The monoisotopic (exact) mass is 1110 g/mol. The number of phosphoric ester groups is 1. The molecule has 0 aliphatic carbocycles. The summed E-state index contributed by atoms with van der Waals surface area (Å²) in [6.07, 6.45) is 67.9. The maximum Gasteiger partial charge on any atom is 0.472 e. The molecule has 0 fully saturated rings. The van der Waals surface area contributed by atoms with Crippen molar-refractivity contribution in [2.24, 2.45) is 0 Å². The number of esters is 1. The van der Waals surface area contributed by atoms with Crippen molar-refractivity contribution in [3.63, 3.8) is 0 Å². The Morgan fingerprint density at radius 3 is 1.06 bits per heavy atom. The summed E-state index contributed by atoms with van der Waals surface area (Å²) in [6, 6.07) is -0.840. The highest BCUT2D eigenvalue weighted by atomic mass is 31.2. The van der Waals surface area contributed by atoms with Crippen molar-refractivity contribution in [3.05, 3.63) is 12.2 Å². The molecule has 0 heterocycles. The lowest BCUT2D eigenvalue weighted by Gasteiger charge is -2.27. The molecule has 0 saturated carbocycles. The number of carbonyl (C=O) groups excluding carboxylic acids is 2. The number of ether oxygens (including phenoxy) is 1. The van der Waals surface area contributed by atoms with Crippen molar-refractivity contribution in [2.45, 2.75) is 367 Å². The predicted octanol–water partition coefficient (Wildman–Crippen LogP) is 21.1. The molecule has 0 radical (unpaired) electrons. The third kappa shape index (κ3) is 59.2. The summed E-state index contributed by atoms with van der Waals surface area (Å²) in [5.41, 5.74) is 0. The summed E-state index contributed by atoms with van der Waals surface area (Å²) >= 11 is 0. The molecular formula is C67H134N2O7P+. The fourth-order valence-electron chi connectivity index (χ4n) is 10.5. The molecule has 0 aliphatic heterocycles. The second-order valence-electron chi connectivity index (χ2n) is 24.7. The predicted molar refractivity (Wildman–Crippen MR) is 333 cm³/mol. The van der Waals surface area contributed by atoms with Crippen LogP contribution in [0.4, 0.5) is 0 Å². The highest BCUT2D eigenvalue weighted by molar-refractivity contribution is 7.47. The van der Waals surface area contributed by atoms with E-state index in [0.717, 1.165) is 57.8 Å². The number of unbranched alkanes of at least 4 members (excludes halogenated alkanes) is 47. The van der Waals surface area contributed by atoms with Crippen molar-refractivity contribution in [1.82, 2.24) is 5.32 Å². The lowest BCUT2D eigenvalue weighted by Crippen LogP contribution is -2.47. The number of phosphoric acid groups is 1. The third-order valence-corrected chi connectivity index (χ3v) is 16.7. The molecule has 9 nitrogen and oxygen atoms in total. The van der Waals surface area contributed by atoms with Gasteiger partial charge >= 0.3 is 13.8 Å². The second-order valence-corrected chi connectivity index (χ2v) is 26.2. The normalized spacial score (nSPS) is 13.6. The first-order valence-corrected chi connectivity index (χ1v) is 35.5. The van der Waals surface area contributed by atoms with E-state index < -0.39 is 20.0 Å². The summed E-state index contributed by atoms with van der Waals surface area (Å²) in [6.45, 7) is 7.08.